The predicted molar refractivity (Wildman–Crippen MR) is 93.5 cm³/mol. The monoisotopic (exact) mass is 278 g/mol. The van der Waals surface area contributed by atoms with E-state index in [4.69, 9.17) is 0 Å². The van der Waals surface area contributed by atoms with Crippen LogP contribution in [0.5, 0.6) is 0 Å². The first-order chi connectivity index (χ1) is 10.3. The average molecular weight is 278 g/mol. The number of allylic oxidation sites excluding steroid dienone is 1. The van der Waals surface area contributed by atoms with Crippen molar-refractivity contribution in [2.45, 2.75) is 45.4 Å². The van der Waals surface area contributed by atoms with Crippen LogP contribution < -0.4 is 0 Å². The van der Waals surface area contributed by atoms with Crippen LogP contribution in [0.2, 0.25) is 0 Å². The van der Waals surface area contributed by atoms with Crippen LogP contribution in [0.25, 0.3) is 6.08 Å². The molecule has 0 heterocycles. The van der Waals surface area contributed by atoms with Gasteiger partial charge in [0.05, 0.1) is 0 Å². The molecule has 0 aromatic heterocycles. The molecule has 2 rings (SSSR count). The summed E-state index contributed by atoms with van der Waals surface area (Å²) < 4.78 is 0. The Balaban J connectivity index is 2.13. The predicted octanol–water partition coefficient (Wildman–Crippen LogP) is 6.37. The molecule has 0 aliphatic heterocycles. The van der Waals surface area contributed by atoms with Crippen LogP contribution in [0.3, 0.4) is 0 Å². The molecule has 0 spiro atoms. The molecule has 0 heteroatoms. The largest absolute Gasteiger partial charge is 0.0764 e. The third-order valence-electron chi connectivity index (χ3n) is 3.91. The van der Waals surface area contributed by atoms with Crippen LogP contribution in [0.15, 0.2) is 60.7 Å². The molecule has 2 aromatic carbocycles. The van der Waals surface area contributed by atoms with E-state index in [2.05, 4.69) is 80.6 Å². The second-order valence-corrected chi connectivity index (χ2v) is 5.79. The molecule has 2 aromatic rings. The zero-order chi connectivity index (χ0) is 14.9. The smallest absolute Gasteiger partial charge is 0.00214 e. The van der Waals surface area contributed by atoms with E-state index in [0.29, 0.717) is 5.92 Å². The molecule has 0 saturated carbocycles. The van der Waals surface area contributed by atoms with E-state index in [-0.39, 0.29) is 0 Å². The fourth-order valence-electron chi connectivity index (χ4n) is 2.68. The number of rotatable bonds is 7. The lowest BCUT2D eigenvalue weighted by molar-refractivity contribution is 0.629. The summed E-state index contributed by atoms with van der Waals surface area (Å²) >= 11 is 0. The summed E-state index contributed by atoms with van der Waals surface area (Å²) in [6.07, 6.45) is 9.78. The van der Waals surface area contributed by atoms with Gasteiger partial charge in [-0.05, 0) is 24.5 Å². The standard InChI is InChI=1S/C21H26/c1-3-4-6-13-20(21-14-9-10-18(2)17-21)16-15-19-11-7-5-8-12-19/h5,7-12,14-17,20H,3-4,6,13H2,1-2H3/b16-15+. The Labute approximate surface area is 129 Å². The molecule has 0 aliphatic carbocycles. The maximum atomic E-state index is 2.37. The van der Waals surface area contributed by atoms with E-state index >= 15 is 0 Å². The zero-order valence-electron chi connectivity index (χ0n) is 13.3. The van der Waals surface area contributed by atoms with E-state index in [9.17, 15) is 0 Å². The topological polar surface area (TPSA) is 0 Å². The van der Waals surface area contributed by atoms with Crippen molar-refractivity contribution in [3.63, 3.8) is 0 Å². The summed E-state index contributed by atoms with van der Waals surface area (Å²) in [5.74, 6) is 0.525. The van der Waals surface area contributed by atoms with E-state index < -0.39 is 0 Å². The molecule has 0 N–H and O–H groups in total. The minimum absolute atomic E-state index is 0.525. The molecule has 0 amide bonds. The minimum atomic E-state index is 0.525. The fraction of sp³-hybridized carbons (Fsp3) is 0.333. The number of hydrogen-bond acceptors (Lipinski definition) is 0. The van der Waals surface area contributed by atoms with Gasteiger partial charge in [0.2, 0.25) is 0 Å². The molecule has 0 saturated heterocycles. The Morgan fingerprint density at radius 3 is 2.48 bits per heavy atom. The highest BCUT2D eigenvalue weighted by atomic mass is 14.1. The molecule has 1 atom stereocenters. The highest BCUT2D eigenvalue weighted by Crippen LogP contribution is 2.25. The highest BCUT2D eigenvalue weighted by molar-refractivity contribution is 5.50. The van der Waals surface area contributed by atoms with Crippen molar-refractivity contribution in [1.29, 1.82) is 0 Å². The van der Waals surface area contributed by atoms with Gasteiger partial charge in [-0.1, -0.05) is 98.5 Å². The Morgan fingerprint density at radius 2 is 1.76 bits per heavy atom. The summed E-state index contributed by atoms with van der Waals surface area (Å²) in [6, 6.07) is 19.5. The van der Waals surface area contributed by atoms with Crippen molar-refractivity contribution >= 4 is 6.08 Å². The van der Waals surface area contributed by atoms with Crippen LogP contribution in [0.4, 0.5) is 0 Å². The Hall–Kier alpha value is -1.82. The first-order valence-corrected chi connectivity index (χ1v) is 8.09. The lowest BCUT2D eigenvalue weighted by Crippen LogP contribution is -1.96. The summed E-state index contributed by atoms with van der Waals surface area (Å²) in [7, 11) is 0. The molecular weight excluding hydrogens is 252 g/mol. The van der Waals surface area contributed by atoms with E-state index in [1.54, 1.807) is 0 Å². The Bertz CT molecular complexity index is 551. The molecule has 0 bridgehead atoms. The number of benzene rings is 2. The molecular formula is C21H26. The zero-order valence-corrected chi connectivity index (χ0v) is 13.3. The van der Waals surface area contributed by atoms with Crippen molar-refractivity contribution in [1.82, 2.24) is 0 Å². The normalized spacial score (nSPS) is 12.7. The maximum Gasteiger partial charge on any atom is 0.00214 e. The van der Waals surface area contributed by atoms with E-state index in [1.807, 2.05) is 0 Å². The third kappa shape index (κ3) is 5.23. The van der Waals surface area contributed by atoms with Crippen LogP contribution in [-0.2, 0) is 0 Å². The number of aryl methyl sites for hydroxylation is 1. The molecule has 1 unspecified atom stereocenters. The van der Waals surface area contributed by atoms with Gasteiger partial charge in [0.15, 0.2) is 0 Å². The molecule has 0 aliphatic rings. The lowest BCUT2D eigenvalue weighted by Gasteiger charge is -2.14. The highest BCUT2D eigenvalue weighted by Gasteiger charge is 2.07. The van der Waals surface area contributed by atoms with Crippen LogP contribution in [0.1, 0.15) is 55.2 Å². The molecule has 0 radical (unpaired) electrons. The van der Waals surface area contributed by atoms with Crippen LogP contribution in [-0.4, -0.2) is 0 Å². The van der Waals surface area contributed by atoms with Gasteiger partial charge in [0.25, 0.3) is 0 Å². The van der Waals surface area contributed by atoms with Crippen LogP contribution >= 0.6 is 0 Å². The average Bonchev–Trinajstić information content (AvgIpc) is 2.52. The Morgan fingerprint density at radius 1 is 0.952 bits per heavy atom. The summed E-state index contributed by atoms with van der Waals surface area (Å²) in [6.45, 7) is 4.44. The molecule has 21 heavy (non-hydrogen) atoms. The van der Waals surface area contributed by atoms with Crippen LogP contribution in [0, 0.1) is 6.92 Å². The van der Waals surface area contributed by atoms with Crippen molar-refractivity contribution in [3.05, 3.63) is 77.4 Å². The number of hydrogen-bond donors (Lipinski definition) is 0. The molecule has 0 fully saturated rings. The minimum Gasteiger partial charge on any atom is -0.0764 e. The van der Waals surface area contributed by atoms with Gasteiger partial charge in [0, 0.05) is 5.92 Å². The maximum absolute atomic E-state index is 2.37. The van der Waals surface area contributed by atoms with Crippen molar-refractivity contribution in [2.75, 3.05) is 0 Å². The summed E-state index contributed by atoms with van der Waals surface area (Å²) in [5, 5.41) is 0. The van der Waals surface area contributed by atoms with Gasteiger partial charge in [0.1, 0.15) is 0 Å². The second-order valence-electron chi connectivity index (χ2n) is 5.79. The molecule has 0 nitrogen and oxygen atoms in total. The van der Waals surface area contributed by atoms with Gasteiger partial charge in [-0.2, -0.15) is 0 Å². The van der Waals surface area contributed by atoms with Crippen molar-refractivity contribution in [3.8, 4) is 0 Å². The molecule has 110 valence electrons. The quantitative estimate of drug-likeness (QED) is 0.516. The summed E-state index contributed by atoms with van der Waals surface area (Å²) in [5.41, 5.74) is 4.07. The second kappa shape index (κ2) is 8.46. The number of unbranched alkanes of at least 4 members (excludes halogenated alkanes) is 2. The summed E-state index contributed by atoms with van der Waals surface area (Å²) in [4.78, 5) is 0. The third-order valence-corrected chi connectivity index (χ3v) is 3.91. The van der Waals surface area contributed by atoms with E-state index in [0.717, 1.165) is 0 Å². The van der Waals surface area contributed by atoms with Gasteiger partial charge in [-0.25, -0.2) is 0 Å². The van der Waals surface area contributed by atoms with Gasteiger partial charge < -0.3 is 0 Å². The van der Waals surface area contributed by atoms with Gasteiger partial charge in [-0.15, -0.1) is 0 Å². The SMILES string of the molecule is CCCCCC(/C=C/c1ccccc1)c1cccc(C)c1. The first-order valence-electron chi connectivity index (χ1n) is 8.09. The van der Waals surface area contributed by atoms with E-state index in [1.165, 1.54) is 42.4 Å². The Kier molecular flexibility index (Phi) is 6.27. The van der Waals surface area contributed by atoms with Gasteiger partial charge in [-0.3, -0.25) is 0 Å². The van der Waals surface area contributed by atoms with Crippen molar-refractivity contribution < 1.29 is 0 Å². The fourth-order valence-corrected chi connectivity index (χ4v) is 2.68. The lowest BCUT2D eigenvalue weighted by atomic mass is 9.91. The first kappa shape index (κ1) is 15.6. The van der Waals surface area contributed by atoms with Gasteiger partial charge >= 0.3 is 0 Å². The van der Waals surface area contributed by atoms with Crippen molar-refractivity contribution in [2.24, 2.45) is 0 Å².